The summed E-state index contributed by atoms with van der Waals surface area (Å²) in [6.07, 6.45) is 3.45. The molecule has 0 spiro atoms. The lowest BCUT2D eigenvalue weighted by molar-refractivity contribution is -0.130. The van der Waals surface area contributed by atoms with E-state index in [4.69, 9.17) is 10.00 Å². The molecule has 4 atom stereocenters. The topological polar surface area (TPSA) is 85.7 Å². The number of hydrogen-bond donors (Lipinski definition) is 1. The summed E-state index contributed by atoms with van der Waals surface area (Å²) in [5.41, 5.74) is 0. The number of rotatable bonds is 3. The lowest BCUT2D eigenvalue weighted by Gasteiger charge is -2.22. The summed E-state index contributed by atoms with van der Waals surface area (Å²) in [6, 6.07) is 2.29. The second kappa shape index (κ2) is 6.75. The molecule has 7 heteroatoms. The third kappa shape index (κ3) is 3.27. The molecule has 0 aromatic rings. The first kappa shape index (κ1) is 16.1. The number of carbonyl (C=O) groups is 2. The second-order valence-corrected chi connectivity index (χ2v) is 6.82. The quantitative estimate of drug-likeness (QED) is 0.821. The van der Waals surface area contributed by atoms with E-state index < -0.39 is 0 Å². The number of nitrogens with one attached hydrogen (secondary N) is 1. The van der Waals surface area contributed by atoms with Crippen LogP contribution in [0.3, 0.4) is 0 Å². The molecule has 3 aliphatic rings. The molecule has 7 nitrogen and oxygen atoms in total. The van der Waals surface area contributed by atoms with Crippen molar-refractivity contribution >= 4 is 12.0 Å². The van der Waals surface area contributed by atoms with Crippen LogP contribution in [-0.2, 0) is 9.53 Å². The molecular weight excluding hydrogens is 296 g/mol. The molecule has 0 bridgehead atoms. The monoisotopic (exact) mass is 320 g/mol. The van der Waals surface area contributed by atoms with E-state index in [-0.39, 0.29) is 18.0 Å². The molecule has 2 heterocycles. The zero-order valence-corrected chi connectivity index (χ0v) is 13.5. The predicted molar refractivity (Wildman–Crippen MR) is 82.3 cm³/mol. The van der Waals surface area contributed by atoms with Gasteiger partial charge in [0.25, 0.3) is 0 Å². The van der Waals surface area contributed by atoms with E-state index in [1.54, 1.807) is 9.80 Å². The van der Waals surface area contributed by atoms with Crippen LogP contribution in [0.4, 0.5) is 4.79 Å². The van der Waals surface area contributed by atoms with E-state index in [0.717, 1.165) is 38.8 Å². The van der Waals surface area contributed by atoms with Crippen molar-refractivity contribution < 1.29 is 14.3 Å². The highest BCUT2D eigenvalue weighted by atomic mass is 16.5. The summed E-state index contributed by atoms with van der Waals surface area (Å²) in [4.78, 5) is 27.3. The third-order valence-corrected chi connectivity index (χ3v) is 5.45. The Morgan fingerprint density at radius 3 is 2.61 bits per heavy atom. The Morgan fingerprint density at radius 2 is 2.00 bits per heavy atom. The largest absolute Gasteiger partial charge is 0.453 e. The summed E-state index contributed by atoms with van der Waals surface area (Å²) in [6.45, 7) is 2.52. The highest BCUT2D eigenvalue weighted by Gasteiger charge is 2.42. The molecule has 126 valence electrons. The van der Waals surface area contributed by atoms with Crippen LogP contribution < -0.4 is 5.32 Å². The first-order chi connectivity index (χ1) is 11.1. The van der Waals surface area contributed by atoms with Gasteiger partial charge in [0.05, 0.1) is 19.7 Å². The van der Waals surface area contributed by atoms with E-state index in [9.17, 15) is 9.59 Å². The first-order valence-corrected chi connectivity index (χ1v) is 8.37. The molecule has 1 N–H and O–H groups in total. The zero-order chi connectivity index (χ0) is 16.4. The summed E-state index contributed by atoms with van der Waals surface area (Å²) < 4.78 is 4.78. The fourth-order valence-electron chi connectivity index (χ4n) is 4.28. The van der Waals surface area contributed by atoms with Crippen molar-refractivity contribution in [2.75, 3.05) is 33.3 Å². The number of amides is 2. The van der Waals surface area contributed by atoms with E-state index in [1.165, 1.54) is 7.11 Å². The number of carbonyl (C=O) groups excluding carboxylic acids is 2. The Bertz CT molecular complexity index is 504. The second-order valence-electron chi connectivity index (χ2n) is 6.82. The summed E-state index contributed by atoms with van der Waals surface area (Å²) in [7, 11) is 1.42. The van der Waals surface area contributed by atoms with E-state index in [1.807, 2.05) is 0 Å². The highest BCUT2D eigenvalue weighted by molar-refractivity contribution is 5.79. The molecule has 0 aromatic carbocycles. The number of fused-ring (bicyclic) bond motifs is 1. The number of hydrogen-bond acceptors (Lipinski definition) is 5. The molecule has 3 fully saturated rings. The normalized spacial score (nSPS) is 32.7. The van der Waals surface area contributed by atoms with E-state index in [2.05, 4.69) is 11.4 Å². The summed E-state index contributed by atoms with van der Waals surface area (Å²) in [5, 5.41) is 12.4. The van der Waals surface area contributed by atoms with E-state index in [0.29, 0.717) is 31.0 Å². The average molecular weight is 320 g/mol. The number of nitrogens with zero attached hydrogens (tertiary/aromatic N) is 3. The minimum absolute atomic E-state index is 0.0299. The highest BCUT2D eigenvalue weighted by Crippen LogP contribution is 2.38. The molecule has 2 amide bonds. The molecule has 1 saturated carbocycles. The zero-order valence-electron chi connectivity index (χ0n) is 13.5. The van der Waals surface area contributed by atoms with E-state index >= 15 is 0 Å². The van der Waals surface area contributed by atoms with Gasteiger partial charge in [-0.2, -0.15) is 5.26 Å². The van der Waals surface area contributed by atoms with Crippen molar-refractivity contribution in [3.8, 4) is 6.07 Å². The number of methoxy groups -OCH3 is 1. The molecule has 23 heavy (non-hydrogen) atoms. The van der Waals surface area contributed by atoms with Gasteiger partial charge in [0.1, 0.15) is 6.04 Å². The minimum Gasteiger partial charge on any atom is -0.453 e. The maximum absolute atomic E-state index is 12.2. The van der Waals surface area contributed by atoms with Gasteiger partial charge in [0, 0.05) is 25.7 Å². The molecule has 0 aromatic heterocycles. The fourth-order valence-corrected chi connectivity index (χ4v) is 4.28. The third-order valence-electron chi connectivity index (χ3n) is 5.45. The average Bonchev–Trinajstić information content (AvgIpc) is 3.24. The van der Waals surface area contributed by atoms with Crippen molar-refractivity contribution in [3.63, 3.8) is 0 Å². The SMILES string of the molecule is COC(=O)N1C[C@H]2CC(NCC(=O)N3CCC[C@H]3C#N)C[C@H]2C1. The van der Waals surface area contributed by atoms with Gasteiger partial charge in [-0.25, -0.2) is 4.79 Å². The lowest BCUT2D eigenvalue weighted by atomic mass is 10.0. The van der Waals surface area contributed by atoms with Gasteiger partial charge < -0.3 is 19.9 Å². The molecule has 1 aliphatic carbocycles. The van der Waals surface area contributed by atoms with Crippen molar-refractivity contribution in [3.05, 3.63) is 0 Å². The Labute approximate surface area is 136 Å². The van der Waals surface area contributed by atoms with Gasteiger partial charge >= 0.3 is 6.09 Å². The molecular formula is C16H24N4O3. The Hall–Kier alpha value is -1.81. The lowest BCUT2D eigenvalue weighted by Crippen LogP contribution is -2.43. The molecule has 1 unspecified atom stereocenters. The molecule has 2 aliphatic heterocycles. The smallest absolute Gasteiger partial charge is 0.409 e. The molecule has 2 saturated heterocycles. The van der Waals surface area contributed by atoms with Crippen molar-refractivity contribution in [2.24, 2.45) is 11.8 Å². The first-order valence-electron chi connectivity index (χ1n) is 8.37. The van der Waals surface area contributed by atoms with Crippen LogP contribution in [0.25, 0.3) is 0 Å². The van der Waals surface area contributed by atoms with Crippen molar-refractivity contribution in [1.82, 2.24) is 15.1 Å². The Morgan fingerprint density at radius 1 is 1.30 bits per heavy atom. The van der Waals surface area contributed by atoms with Crippen LogP contribution in [0.15, 0.2) is 0 Å². The van der Waals surface area contributed by atoms with Crippen molar-refractivity contribution in [2.45, 2.75) is 37.8 Å². The van der Waals surface area contributed by atoms with Gasteiger partial charge in [0.15, 0.2) is 0 Å². The van der Waals surface area contributed by atoms with Crippen LogP contribution >= 0.6 is 0 Å². The Kier molecular flexibility index (Phi) is 4.71. The van der Waals surface area contributed by atoms with Gasteiger partial charge in [0.2, 0.25) is 5.91 Å². The number of likely N-dealkylation sites (tertiary alicyclic amines) is 2. The maximum Gasteiger partial charge on any atom is 0.409 e. The summed E-state index contributed by atoms with van der Waals surface area (Å²) in [5.74, 6) is 1.03. The van der Waals surface area contributed by atoms with Crippen molar-refractivity contribution in [1.29, 1.82) is 5.26 Å². The van der Waals surface area contributed by atoms with Gasteiger partial charge in [-0.15, -0.1) is 0 Å². The van der Waals surface area contributed by atoms with Crippen LogP contribution in [-0.4, -0.2) is 67.2 Å². The number of nitriles is 1. The maximum atomic E-state index is 12.2. The van der Waals surface area contributed by atoms with Crippen LogP contribution in [0.2, 0.25) is 0 Å². The van der Waals surface area contributed by atoms with Gasteiger partial charge in [-0.1, -0.05) is 0 Å². The van der Waals surface area contributed by atoms with Crippen LogP contribution in [0.5, 0.6) is 0 Å². The Balaban J connectivity index is 1.43. The van der Waals surface area contributed by atoms with Gasteiger partial charge in [-0.3, -0.25) is 4.79 Å². The fraction of sp³-hybridized carbons (Fsp3) is 0.812. The van der Waals surface area contributed by atoms with Crippen LogP contribution in [0, 0.1) is 23.2 Å². The predicted octanol–water partition coefficient (Wildman–Crippen LogP) is 0.567. The standard InChI is InChI=1S/C16H24N4O3/c1-23-16(22)19-9-11-5-13(6-12(11)10-19)18-8-15(21)20-4-2-3-14(20)7-17/h11-14,18H,2-6,8-10H2,1H3/t11-,12+,13?,14-/m0/s1. The van der Waals surface area contributed by atoms with Gasteiger partial charge in [-0.05, 0) is 37.5 Å². The number of ether oxygens (including phenoxy) is 1. The molecule has 3 rings (SSSR count). The molecule has 0 radical (unpaired) electrons. The minimum atomic E-state index is -0.249. The summed E-state index contributed by atoms with van der Waals surface area (Å²) >= 11 is 0. The van der Waals surface area contributed by atoms with Crippen LogP contribution in [0.1, 0.15) is 25.7 Å².